The largest absolute Gasteiger partial charge is 0.366 e. The molecule has 4 nitrogen and oxygen atoms in total. The Morgan fingerprint density at radius 1 is 1.21 bits per heavy atom. The molecule has 1 aromatic carbocycles. The molecule has 0 atom stereocenters. The van der Waals surface area contributed by atoms with Gasteiger partial charge in [-0.05, 0) is 44.0 Å². The maximum Gasteiger partial charge on any atom is 0.239 e. The van der Waals surface area contributed by atoms with Gasteiger partial charge in [0.15, 0.2) is 0 Å². The SMILES string of the molecule is Nc1ncn(-c2c(Br)cccc2Br)n1. The van der Waals surface area contributed by atoms with E-state index in [9.17, 15) is 0 Å². The third-order valence-corrected chi connectivity index (χ3v) is 2.96. The van der Waals surface area contributed by atoms with Crippen molar-refractivity contribution in [3.63, 3.8) is 0 Å². The van der Waals surface area contributed by atoms with Gasteiger partial charge in [-0.2, -0.15) is 0 Å². The lowest BCUT2D eigenvalue weighted by Gasteiger charge is -2.05. The maximum absolute atomic E-state index is 5.44. The van der Waals surface area contributed by atoms with Gasteiger partial charge in [-0.3, -0.25) is 0 Å². The number of para-hydroxylation sites is 1. The van der Waals surface area contributed by atoms with Crippen LogP contribution >= 0.6 is 31.9 Å². The van der Waals surface area contributed by atoms with Gasteiger partial charge in [0.05, 0.1) is 5.69 Å². The molecule has 14 heavy (non-hydrogen) atoms. The first kappa shape index (κ1) is 9.67. The lowest BCUT2D eigenvalue weighted by atomic mass is 10.3. The molecule has 0 saturated carbocycles. The number of hydrogen-bond donors (Lipinski definition) is 1. The number of aromatic nitrogens is 3. The van der Waals surface area contributed by atoms with E-state index >= 15 is 0 Å². The van der Waals surface area contributed by atoms with Crippen LogP contribution in [0.25, 0.3) is 5.69 Å². The number of benzene rings is 1. The van der Waals surface area contributed by atoms with E-state index in [2.05, 4.69) is 41.9 Å². The van der Waals surface area contributed by atoms with Gasteiger partial charge < -0.3 is 5.73 Å². The Bertz CT molecular complexity index is 446. The summed E-state index contributed by atoms with van der Waals surface area (Å²) in [5.41, 5.74) is 6.33. The summed E-state index contributed by atoms with van der Waals surface area (Å²) in [6, 6.07) is 5.79. The molecular formula is C8H6Br2N4. The number of nitrogens with zero attached hydrogens (tertiary/aromatic N) is 3. The van der Waals surface area contributed by atoms with Crippen LogP contribution in [0.2, 0.25) is 0 Å². The van der Waals surface area contributed by atoms with Crippen LogP contribution < -0.4 is 5.73 Å². The molecule has 2 rings (SSSR count). The summed E-state index contributed by atoms with van der Waals surface area (Å²) < 4.78 is 3.47. The lowest BCUT2D eigenvalue weighted by Crippen LogP contribution is -1.98. The maximum atomic E-state index is 5.44. The van der Waals surface area contributed by atoms with Crippen molar-refractivity contribution in [2.24, 2.45) is 0 Å². The zero-order chi connectivity index (χ0) is 10.1. The second-order valence-corrected chi connectivity index (χ2v) is 4.33. The number of halogens is 2. The topological polar surface area (TPSA) is 56.7 Å². The third-order valence-electron chi connectivity index (χ3n) is 1.68. The quantitative estimate of drug-likeness (QED) is 0.878. The summed E-state index contributed by atoms with van der Waals surface area (Å²) in [5, 5.41) is 4.03. The zero-order valence-electron chi connectivity index (χ0n) is 6.98. The van der Waals surface area contributed by atoms with Crippen molar-refractivity contribution in [1.82, 2.24) is 14.8 Å². The van der Waals surface area contributed by atoms with Gasteiger partial charge in [0.1, 0.15) is 6.33 Å². The molecule has 0 aliphatic rings. The molecule has 0 fully saturated rings. The predicted molar refractivity (Wildman–Crippen MR) is 61.2 cm³/mol. The second kappa shape index (κ2) is 3.70. The van der Waals surface area contributed by atoms with E-state index in [1.165, 1.54) is 0 Å². The van der Waals surface area contributed by atoms with Crippen LogP contribution in [0.15, 0.2) is 33.5 Å². The molecule has 2 N–H and O–H groups in total. The number of rotatable bonds is 1. The molecule has 0 saturated heterocycles. The van der Waals surface area contributed by atoms with Gasteiger partial charge >= 0.3 is 0 Å². The monoisotopic (exact) mass is 316 g/mol. The molecule has 0 spiro atoms. The van der Waals surface area contributed by atoms with Crippen LogP contribution in [-0.4, -0.2) is 14.8 Å². The Hall–Kier alpha value is -0.880. The van der Waals surface area contributed by atoms with E-state index in [4.69, 9.17) is 5.73 Å². The molecule has 0 radical (unpaired) electrons. The third kappa shape index (κ3) is 1.67. The first-order valence-corrected chi connectivity index (χ1v) is 5.38. The van der Waals surface area contributed by atoms with E-state index in [0.717, 1.165) is 14.6 Å². The van der Waals surface area contributed by atoms with Gasteiger partial charge in [-0.1, -0.05) is 6.07 Å². The predicted octanol–water partition coefficient (Wildman–Crippen LogP) is 2.37. The van der Waals surface area contributed by atoms with Crippen LogP contribution in [0.4, 0.5) is 5.95 Å². The summed E-state index contributed by atoms with van der Waals surface area (Å²) in [6.07, 6.45) is 1.57. The summed E-state index contributed by atoms with van der Waals surface area (Å²) in [6.45, 7) is 0. The summed E-state index contributed by atoms with van der Waals surface area (Å²) in [7, 11) is 0. The Labute approximate surface area is 97.4 Å². The smallest absolute Gasteiger partial charge is 0.239 e. The van der Waals surface area contributed by atoms with E-state index in [0.29, 0.717) is 0 Å². The first-order valence-electron chi connectivity index (χ1n) is 3.80. The van der Waals surface area contributed by atoms with Crippen LogP contribution in [-0.2, 0) is 0 Å². The van der Waals surface area contributed by atoms with Crippen LogP contribution in [0.1, 0.15) is 0 Å². The van der Waals surface area contributed by atoms with E-state index < -0.39 is 0 Å². The van der Waals surface area contributed by atoms with Crippen LogP contribution in [0.5, 0.6) is 0 Å². The van der Waals surface area contributed by atoms with Gasteiger partial charge in [0.25, 0.3) is 0 Å². The Kier molecular flexibility index (Phi) is 2.56. The lowest BCUT2D eigenvalue weighted by molar-refractivity contribution is 0.874. The van der Waals surface area contributed by atoms with E-state index in [1.807, 2.05) is 18.2 Å². The second-order valence-electron chi connectivity index (χ2n) is 2.62. The van der Waals surface area contributed by atoms with Crippen LogP contribution in [0, 0.1) is 0 Å². The van der Waals surface area contributed by atoms with Gasteiger partial charge in [-0.15, -0.1) is 5.10 Å². The van der Waals surface area contributed by atoms with Gasteiger partial charge in [-0.25, -0.2) is 9.67 Å². The minimum absolute atomic E-state index is 0.257. The van der Waals surface area contributed by atoms with Crippen molar-refractivity contribution in [2.45, 2.75) is 0 Å². The molecule has 0 bridgehead atoms. The van der Waals surface area contributed by atoms with Crippen molar-refractivity contribution >= 4 is 37.8 Å². The van der Waals surface area contributed by atoms with Gasteiger partial charge in [0.2, 0.25) is 5.95 Å². The number of nitrogens with two attached hydrogens (primary N) is 1. The fourth-order valence-electron chi connectivity index (χ4n) is 1.09. The Morgan fingerprint density at radius 2 is 1.86 bits per heavy atom. The fourth-order valence-corrected chi connectivity index (χ4v) is 2.45. The first-order chi connectivity index (χ1) is 6.68. The molecule has 2 aromatic rings. The van der Waals surface area contributed by atoms with Crippen LogP contribution in [0.3, 0.4) is 0 Å². The highest BCUT2D eigenvalue weighted by Crippen LogP contribution is 2.28. The molecule has 6 heteroatoms. The minimum Gasteiger partial charge on any atom is -0.366 e. The normalized spacial score (nSPS) is 10.4. The average Bonchev–Trinajstić information content (AvgIpc) is 2.51. The minimum atomic E-state index is 0.257. The highest BCUT2D eigenvalue weighted by molar-refractivity contribution is 9.11. The van der Waals surface area contributed by atoms with Crippen molar-refractivity contribution in [3.05, 3.63) is 33.5 Å². The Morgan fingerprint density at radius 3 is 2.36 bits per heavy atom. The molecule has 0 unspecified atom stereocenters. The molecule has 1 aromatic heterocycles. The van der Waals surface area contributed by atoms with Crippen molar-refractivity contribution < 1.29 is 0 Å². The summed E-state index contributed by atoms with van der Waals surface area (Å²) >= 11 is 6.87. The number of anilines is 1. The fraction of sp³-hybridized carbons (Fsp3) is 0. The van der Waals surface area contributed by atoms with Crippen molar-refractivity contribution in [2.75, 3.05) is 5.73 Å². The average molecular weight is 318 g/mol. The summed E-state index contributed by atoms with van der Waals surface area (Å²) in [4.78, 5) is 3.86. The number of hydrogen-bond acceptors (Lipinski definition) is 3. The highest BCUT2D eigenvalue weighted by Gasteiger charge is 2.08. The Balaban J connectivity index is 2.61. The van der Waals surface area contributed by atoms with Crippen molar-refractivity contribution in [3.8, 4) is 5.69 Å². The zero-order valence-corrected chi connectivity index (χ0v) is 10.2. The molecule has 0 aliphatic heterocycles. The molecule has 1 heterocycles. The van der Waals surface area contributed by atoms with E-state index in [-0.39, 0.29) is 5.95 Å². The highest BCUT2D eigenvalue weighted by atomic mass is 79.9. The summed E-state index contributed by atoms with van der Waals surface area (Å²) in [5.74, 6) is 0.257. The van der Waals surface area contributed by atoms with Crippen molar-refractivity contribution in [1.29, 1.82) is 0 Å². The molecule has 0 aliphatic carbocycles. The molecule has 72 valence electrons. The van der Waals surface area contributed by atoms with E-state index in [1.54, 1.807) is 11.0 Å². The number of nitrogen functional groups attached to an aromatic ring is 1. The molecule has 0 amide bonds. The van der Waals surface area contributed by atoms with Gasteiger partial charge in [0, 0.05) is 8.95 Å². The molecular weight excluding hydrogens is 312 g/mol. The standard InChI is InChI=1S/C8H6Br2N4/c9-5-2-1-3-6(10)7(5)14-4-12-8(11)13-14/h1-4H,(H2,11,13).